The van der Waals surface area contributed by atoms with Crippen molar-refractivity contribution >= 4 is 5.91 Å². The van der Waals surface area contributed by atoms with Gasteiger partial charge in [0, 0.05) is 37.8 Å². The maximum Gasteiger partial charge on any atom is 0.222 e. The number of likely N-dealkylation sites (tertiary alicyclic amines) is 1. The molecular weight excluding hydrogens is 300 g/mol. The minimum atomic E-state index is -0.711. The largest absolute Gasteiger partial charge is 0.389 e. The van der Waals surface area contributed by atoms with Gasteiger partial charge in [-0.3, -0.25) is 9.78 Å². The summed E-state index contributed by atoms with van der Waals surface area (Å²) in [6, 6.07) is 5.81. The van der Waals surface area contributed by atoms with E-state index in [0.29, 0.717) is 44.2 Å². The molecule has 3 aliphatic rings. The van der Waals surface area contributed by atoms with E-state index in [4.69, 9.17) is 0 Å². The number of rotatable bonds is 4. The maximum atomic E-state index is 12.6. The lowest BCUT2D eigenvalue weighted by atomic mass is 9.84. The molecule has 2 saturated carbocycles. The summed E-state index contributed by atoms with van der Waals surface area (Å²) in [5.74, 6) is 2.65. The highest BCUT2D eigenvalue weighted by atomic mass is 16.3. The first-order valence-corrected chi connectivity index (χ1v) is 9.51. The summed E-state index contributed by atoms with van der Waals surface area (Å²) < 4.78 is 0. The van der Waals surface area contributed by atoms with Gasteiger partial charge in [-0.25, -0.2) is 0 Å². The van der Waals surface area contributed by atoms with Crippen LogP contribution in [0.3, 0.4) is 0 Å². The number of carbonyl (C=O) groups is 1. The fourth-order valence-electron chi connectivity index (χ4n) is 5.17. The van der Waals surface area contributed by atoms with Crippen LogP contribution in [0.2, 0.25) is 0 Å². The summed E-state index contributed by atoms with van der Waals surface area (Å²) in [6.07, 6.45) is 9.77. The molecule has 24 heavy (non-hydrogen) atoms. The summed E-state index contributed by atoms with van der Waals surface area (Å²) in [5.41, 5.74) is 0.221. The van der Waals surface area contributed by atoms with Crippen molar-refractivity contribution in [1.82, 2.24) is 9.88 Å². The number of amides is 1. The van der Waals surface area contributed by atoms with Crippen LogP contribution in [0.15, 0.2) is 24.4 Å². The Morgan fingerprint density at radius 3 is 2.71 bits per heavy atom. The van der Waals surface area contributed by atoms with Crippen molar-refractivity contribution in [3.8, 4) is 0 Å². The van der Waals surface area contributed by atoms with Gasteiger partial charge in [0.05, 0.1) is 5.60 Å². The molecule has 1 aromatic heterocycles. The second-order valence-electron chi connectivity index (χ2n) is 8.24. The standard InChI is InChI=1S/C20H28N2O2/c23-19(13-17-12-15-4-5-16(17)11-15)22-9-6-20(24,7-10-22)14-18-3-1-2-8-21-18/h1-3,8,15-17,24H,4-7,9-14H2. The third-order valence-corrected chi connectivity index (χ3v) is 6.60. The first kappa shape index (κ1) is 16.1. The van der Waals surface area contributed by atoms with Crippen molar-refractivity contribution in [2.45, 2.75) is 57.0 Å². The number of aromatic nitrogens is 1. The second kappa shape index (κ2) is 6.47. The van der Waals surface area contributed by atoms with Gasteiger partial charge >= 0.3 is 0 Å². The van der Waals surface area contributed by atoms with Crippen LogP contribution in [0, 0.1) is 17.8 Å². The molecule has 1 aromatic rings. The predicted octanol–water partition coefficient (Wildman–Crippen LogP) is 2.80. The number of fused-ring (bicyclic) bond motifs is 2. The molecule has 2 heterocycles. The molecule has 0 spiro atoms. The van der Waals surface area contributed by atoms with Crippen LogP contribution in [0.4, 0.5) is 0 Å². The van der Waals surface area contributed by atoms with Crippen LogP contribution in [0.25, 0.3) is 0 Å². The zero-order valence-corrected chi connectivity index (χ0v) is 14.4. The van der Waals surface area contributed by atoms with Crippen molar-refractivity contribution in [3.05, 3.63) is 30.1 Å². The van der Waals surface area contributed by atoms with E-state index in [0.717, 1.165) is 24.0 Å². The summed E-state index contributed by atoms with van der Waals surface area (Å²) in [4.78, 5) is 18.9. The first-order chi connectivity index (χ1) is 11.6. The quantitative estimate of drug-likeness (QED) is 0.925. The van der Waals surface area contributed by atoms with Gasteiger partial charge in [-0.15, -0.1) is 0 Å². The molecule has 3 atom stereocenters. The molecule has 4 rings (SSSR count). The Bertz CT molecular complexity index is 581. The summed E-state index contributed by atoms with van der Waals surface area (Å²) in [6.45, 7) is 1.37. The molecule has 2 bridgehead atoms. The van der Waals surface area contributed by atoms with E-state index in [1.54, 1.807) is 6.20 Å². The fourth-order valence-corrected chi connectivity index (χ4v) is 5.17. The van der Waals surface area contributed by atoms with E-state index in [-0.39, 0.29) is 0 Å². The van der Waals surface area contributed by atoms with E-state index in [9.17, 15) is 9.90 Å². The minimum absolute atomic E-state index is 0.312. The second-order valence-corrected chi connectivity index (χ2v) is 8.24. The van der Waals surface area contributed by atoms with Gasteiger partial charge in [0.15, 0.2) is 0 Å². The van der Waals surface area contributed by atoms with Crippen LogP contribution in [0.5, 0.6) is 0 Å². The van der Waals surface area contributed by atoms with Crippen molar-refractivity contribution in [2.24, 2.45) is 17.8 Å². The highest BCUT2D eigenvalue weighted by Crippen LogP contribution is 2.49. The van der Waals surface area contributed by atoms with E-state index < -0.39 is 5.60 Å². The number of hydrogen-bond acceptors (Lipinski definition) is 3. The van der Waals surface area contributed by atoms with Gasteiger partial charge in [-0.2, -0.15) is 0 Å². The Labute approximate surface area is 144 Å². The van der Waals surface area contributed by atoms with Crippen LogP contribution in [-0.2, 0) is 11.2 Å². The summed E-state index contributed by atoms with van der Waals surface area (Å²) in [7, 11) is 0. The molecule has 130 valence electrons. The maximum absolute atomic E-state index is 12.6. The van der Waals surface area contributed by atoms with Gasteiger partial charge in [-0.1, -0.05) is 12.5 Å². The normalized spacial score (nSPS) is 31.4. The number of hydrogen-bond donors (Lipinski definition) is 1. The van der Waals surface area contributed by atoms with E-state index in [2.05, 4.69) is 4.98 Å². The summed E-state index contributed by atoms with van der Waals surface area (Å²) >= 11 is 0. The molecule has 4 nitrogen and oxygen atoms in total. The Kier molecular flexibility index (Phi) is 4.33. The highest BCUT2D eigenvalue weighted by Gasteiger charge is 2.41. The van der Waals surface area contributed by atoms with Crippen LogP contribution < -0.4 is 0 Å². The molecule has 4 heteroatoms. The van der Waals surface area contributed by atoms with Gasteiger partial charge in [-0.05, 0) is 62.0 Å². The van der Waals surface area contributed by atoms with E-state index >= 15 is 0 Å². The summed E-state index contributed by atoms with van der Waals surface area (Å²) in [5, 5.41) is 10.8. The van der Waals surface area contributed by atoms with E-state index in [1.165, 1.54) is 25.7 Å². The van der Waals surface area contributed by atoms with Crippen LogP contribution >= 0.6 is 0 Å². The molecule has 0 radical (unpaired) electrons. The smallest absolute Gasteiger partial charge is 0.222 e. The minimum Gasteiger partial charge on any atom is -0.389 e. The van der Waals surface area contributed by atoms with Gasteiger partial charge in [0.1, 0.15) is 0 Å². The Morgan fingerprint density at radius 1 is 1.25 bits per heavy atom. The number of aliphatic hydroxyl groups is 1. The van der Waals surface area contributed by atoms with Gasteiger partial charge < -0.3 is 10.0 Å². The molecule has 3 unspecified atom stereocenters. The lowest BCUT2D eigenvalue weighted by molar-refractivity contribution is -0.136. The monoisotopic (exact) mass is 328 g/mol. The lowest BCUT2D eigenvalue weighted by Gasteiger charge is -2.38. The third-order valence-electron chi connectivity index (χ3n) is 6.60. The van der Waals surface area contributed by atoms with Crippen molar-refractivity contribution in [2.75, 3.05) is 13.1 Å². The molecule has 3 fully saturated rings. The van der Waals surface area contributed by atoms with Crippen LogP contribution in [-0.4, -0.2) is 39.6 Å². The molecule has 1 amide bonds. The fraction of sp³-hybridized carbons (Fsp3) is 0.700. The topological polar surface area (TPSA) is 53.4 Å². The number of carbonyl (C=O) groups excluding carboxylic acids is 1. The first-order valence-electron chi connectivity index (χ1n) is 9.51. The van der Waals surface area contributed by atoms with Gasteiger partial charge in [0.2, 0.25) is 5.91 Å². The molecule has 0 aromatic carbocycles. The molecular formula is C20H28N2O2. The number of pyridine rings is 1. The van der Waals surface area contributed by atoms with E-state index in [1.807, 2.05) is 23.1 Å². The lowest BCUT2D eigenvalue weighted by Crippen LogP contribution is -2.48. The number of nitrogens with zero attached hydrogens (tertiary/aromatic N) is 2. The molecule has 1 saturated heterocycles. The van der Waals surface area contributed by atoms with Gasteiger partial charge in [0.25, 0.3) is 0 Å². The van der Waals surface area contributed by atoms with Crippen molar-refractivity contribution < 1.29 is 9.90 Å². The SMILES string of the molecule is O=C(CC1CC2CCC1C2)N1CCC(O)(Cc2ccccn2)CC1. The molecule has 2 aliphatic carbocycles. The average Bonchev–Trinajstić information content (AvgIpc) is 3.19. The third kappa shape index (κ3) is 3.34. The van der Waals surface area contributed by atoms with Crippen LogP contribution in [0.1, 0.15) is 50.6 Å². The zero-order chi connectivity index (χ0) is 16.6. The van der Waals surface area contributed by atoms with Crippen molar-refractivity contribution in [3.63, 3.8) is 0 Å². The Morgan fingerprint density at radius 2 is 2.08 bits per heavy atom. The average molecular weight is 328 g/mol. The zero-order valence-electron chi connectivity index (χ0n) is 14.4. The highest BCUT2D eigenvalue weighted by molar-refractivity contribution is 5.76. The Balaban J connectivity index is 1.28. The Hall–Kier alpha value is -1.42. The van der Waals surface area contributed by atoms with Crippen molar-refractivity contribution in [1.29, 1.82) is 0 Å². The molecule has 1 N–H and O–H groups in total. The molecule has 1 aliphatic heterocycles. The predicted molar refractivity (Wildman–Crippen MR) is 92.3 cm³/mol. The number of piperidine rings is 1.